The van der Waals surface area contributed by atoms with Crippen molar-refractivity contribution in [1.29, 1.82) is 0 Å². The van der Waals surface area contributed by atoms with Gasteiger partial charge in [-0.3, -0.25) is 4.79 Å². The first-order valence-corrected chi connectivity index (χ1v) is 10.3. The number of amides is 1. The summed E-state index contributed by atoms with van der Waals surface area (Å²) in [6.45, 7) is 1.88. The maximum Gasteiger partial charge on any atom is 0.277 e. The minimum absolute atomic E-state index is 0.291. The summed E-state index contributed by atoms with van der Waals surface area (Å²) in [4.78, 5) is 17.6. The number of carbonyl (C=O) groups is 1. The number of hydrogen-bond acceptors (Lipinski definition) is 5. The summed E-state index contributed by atoms with van der Waals surface area (Å²) in [6, 6.07) is 19.2. The number of ether oxygens (including phenoxy) is 2. The Morgan fingerprint density at radius 1 is 1.00 bits per heavy atom. The number of rotatable bonds is 5. The van der Waals surface area contributed by atoms with Crippen LogP contribution in [-0.4, -0.2) is 34.9 Å². The molecule has 4 aromatic rings. The topological polar surface area (TPSA) is 78.3 Å². The van der Waals surface area contributed by atoms with Crippen molar-refractivity contribution in [2.24, 2.45) is 0 Å². The molecular weight excluding hydrogens is 404 g/mol. The van der Waals surface area contributed by atoms with Gasteiger partial charge in [0.05, 0.1) is 25.6 Å². The van der Waals surface area contributed by atoms with Gasteiger partial charge in [0.25, 0.3) is 5.91 Å². The van der Waals surface area contributed by atoms with E-state index in [-0.39, 0.29) is 5.91 Å². The number of benzene rings is 2. The fraction of sp³-hybridized carbons (Fsp3) is 0.160. The third-order valence-corrected chi connectivity index (χ3v) is 5.56. The van der Waals surface area contributed by atoms with Gasteiger partial charge in [0, 0.05) is 23.2 Å². The number of carbonyl (C=O) groups excluding carboxylic acids is 1. The fourth-order valence-corrected chi connectivity index (χ4v) is 4.10. The van der Waals surface area contributed by atoms with E-state index in [4.69, 9.17) is 14.6 Å². The summed E-state index contributed by atoms with van der Waals surface area (Å²) >= 11 is 0. The maximum atomic E-state index is 13.3. The van der Waals surface area contributed by atoms with Gasteiger partial charge in [-0.1, -0.05) is 24.3 Å². The van der Waals surface area contributed by atoms with Crippen molar-refractivity contribution >= 4 is 11.7 Å². The van der Waals surface area contributed by atoms with Crippen molar-refractivity contribution in [3.8, 4) is 28.4 Å². The number of anilines is 1. The number of pyridine rings is 1. The Bertz CT molecular complexity index is 1330. The second kappa shape index (κ2) is 7.85. The van der Waals surface area contributed by atoms with Crippen LogP contribution in [0, 0.1) is 6.92 Å². The van der Waals surface area contributed by atoms with Gasteiger partial charge in [-0.15, -0.1) is 0 Å². The largest absolute Gasteiger partial charge is 0.493 e. The van der Waals surface area contributed by atoms with Crippen LogP contribution in [0.5, 0.6) is 11.5 Å². The summed E-state index contributed by atoms with van der Waals surface area (Å²) < 4.78 is 12.8. The van der Waals surface area contributed by atoms with Gasteiger partial charge < -0.3 is 14.8 Å². The fourth-order valence-electron chi connectivity index (χ4n) is 4.10. The van der Waals surface area contributed by atoms with Gasteiger partial charge in [0.1, 0.15) is 5.82 Å². The number of nitrogens with zero attached hydrogens (tertiary/aromatic N) is 3. The van der Waals surface area contributed by atoms with Crippen LogP contribution in [0.3, 0.4) is 0 Å². The molecular formula is C25H22N4O3. The van der Waals surface area contributed by atoms with E-state index in [1.54, 1.807) is 20.3 Å². The number of fused-ring (bicyclic) bond motifs is 3. The maximum absolute atomic E-state index is 13.3. The van der Waals surface area contributed by atoms with Crippen LogP contribution in [0.4, 0.5) is 5.82 Å². The van der Waals surface area contributed by atoms with E-state index in [9.17, 15) is 4.79 Å². The molecule has 2 heterocycles. The molecule has 0 bridgehead atoms. The molecule has 160 valence electrons. The lowest BCUT2D eigenvalue weighted by molar-refractivity contribution is 0.102. The predicted molar refractivity (Wildman–Crippen MR) is 122 cm³/mol. The highest BCUT2D eigenvalue weighted by Crippen LogP contribution is 2.44. The molecule has 2 aromatic carbocycles. The Labute approximate surface area is 185 Å². The zero-order valence-corrected chi connectivity index (χ0v) is 18.0. The van der Waals surface area contributed by atoms with Crippen LogP contribution in [0.2, 0.25) is 0 Å². The van der Waals surface area contributed by atoms with E-state index in [0.29, 0.717) is 29.4 Å². The minimum Gasteiger partial charge on any atom is -0.493 e. The number of hydrogen-bond donors (Lipinski definition) is 1. The molecule has 7 heteroatoms. The molecule has 1 aliphatic carbocycles. The van der Waals surface area contributed by atoms with E-state index in [1.165, 1.54) is 0 Å². The number of aromatic nitrogens is 3. The molecule has 0 radical (unpaired) electrons. The number of para-hydroxylation sites is 1. The van der Waals surface area contributed by atoms with Crippen molar-refractivity contribution in [2.45, 2.75) is 13.3 Å². The Balaban J connectivity index is 1.65. The Morgan fingerprint density at radius 2 is 1.75 bits per heavy atom. The van der Waals surface area contributed by atoms with Crippen LogP contribution in [-0.2, 0) is 6.42 Å². The smallest absolute Gasteiger partial charge is 0.277 e. The lowest BCUT2D eigenvalue weighted by atomic mass is 10.1. The van der Waals surface area contributed by atoms with Crippen molar-refractivity contribution in [2.75, 3.05) is 19.5 Å². The molecule has 0 atom stereocenters. The molecule has 0 saturated carbocycles. The lowest BCUT2D eigenvalue weighted by Gasteiger charge is -2.12. The quantitative estimate of drug-likeness (QED) is 0.450. The van der Waals surface area contributed by atoms with Crippen LogP contribution in [0.25, 0.3) is 16.9 Å². The SMILES string of the molecule is COc1cc2c(cc1OC)-c1c(c(C(=O)Nc3cccc(C)n3)nn1-c1ccccc1)C2. The van der Waals surface area contributed by atoms with Crippen LogP contribution in [0.1, 0.15) is 27.3 Å². The minimum atomic E-state index is -0.291. The zero-order chi connectivity index (χ0) is 22.2. The molecule has 0 aliphatic heterocycles. The molecule has 1 amide bonds. The van der Waals surface area contributed by atoms with Crippen LogP contribution >= 0.6 is 0 Å². The molecule has 32 heavy (non-hydrogen) atoms. The molecule has 2 aromatic heterocycles. The van der Waals surface area contributed by atoms with Gasteiger partial charge in [-0.05, 0) is 48.9 Å². The molecule has 7 nitrogen and oxygen atoms in total. The van der Waals surface area contributed by atoms with Gasteiger partial charge in [-0.2, -0.15) is 5.10 Å². The molecule has 1 aliphatic rings. The standard InChI is InChI=1S/C25H22N4O3/c1-15-8-7-11-22(26-15)27-25(30)23-19-12-16-13-20(31-2)21(32-3)14-18(16)24(19)29(28-23)17-9-5-4-6-10-17/h4-11,13-14H,12H2,1-3H3,(H,26,27,30). The molecule has 5 rings (SSSR count). The average molecular weight is 426 g/mol. The molecule has 0 fully saturated rings. The normalized spacial score (nSPS) is 11.6. The lowest BCUT2D eigenvalue weighted by Crippen LogP contribution is -2.16. The Kier molecular flexibility index (Phi) is 4.86. The van der Waals surface area contributed by atoms with Gasteiger partial charge in [-0.25, -0.2) is 9.67 Å². The Morgan fingerprint density at radius 3 is 2.47 bits per heavy atom. The van der Waals surface area contributed by atoms with Crippen molar-refractivity contribution in [3.05, 3.63) is 83.2 Å². The Hall–Kier alpha value is -4.13. The molecule has 1 N–H and O–H groups in total. The summed E-state index contributed by atoms with van der Waals surface area (Å²) in [5.74, 6) is 1.50. The van der Waals surface area contributed by atoms with Crippen molar-refractivity contribution < 1.29 is 14.3 Å². The van der Waals surface area contributed by atoms with E-state index < -0.39 is 0 Å². The third kappa shape index (κ3) is 3.28. The van der Waals surface area contributed by atoms with Gasteiger partial charge in [0.15, 0.2) is 17.2 Å². The summed E-state index contributed by atoms with van der Waals surface area (Å²) in [5.41, 5.74) is 5.86. The van der Waals surface area contributed by atoms with E-state index in [0.717, 1.165) is 33.8 Å². The zero-order valence-electron chi connectivity index (χ0n) is 18.0. The highest BCUT2D eigenvalue weighted by molar-refractivity contribution is 6.05. The first kappa shape index (κ1) is 19.8. The highest BCUT2D eigenvalue weighted by atomic mass is 16.5. The van der Waals surface area contributed by atoms with E-state index >= 15 is 0 Å². The third-order valence-electron chi connectivity index (χ3n) is 5.56. The number of nitrogens with one attached hydrogen (secondary N) is 1. The summed E-state index contributed by atoms with van der Waals surface area (Å²) in [5, 5.41) is 7.61. The summed E-state index contributed by atoms with van der Waals surface area (Å²) in [6.07, 6.45) is 0.571. The first-order valence-electron chi connectivity index (χ1n) is 10.3. The number of aryl methyl sites for hydroxylation is 1. The monoisotopic (exact) mass is 426 g/mol. The van der Waals surface area contributed by atoms with Crippen molar-refractivity contribution in [1.82, 2.24) is 14.8 Å². The predicted octanol–water partition coefficient (Wildman–Crippen LogP) is 4.42. The average Bonchev–Trinajstić information content (AvgIpc) is 3.35. The molecule has 0 spiro atoms. The molecule has 0 unspecified atom stereocenters. The summed E-state index contributed by atoms with van der Waals surface area (Å²) in [7, 11) is 3.23. The molecule has 0 saturated heterocycles. The number of methoxy groups -OCH3 is 2. The van der Waals surface area contributed by atoms with Crippen molar-refractivity contribution in [3.63, 3.8) is 0 Å². The highest BCUT2D eigenvalue weighted by Gasteiger charge is 2.32. The van der Waals surface area contributed by atoms with Gasteiger partial charge >= 0.3 is 0 Å². The van der Waals surface area contributed by atoms with E-state index in [1.807, 2.05) is 66.2 Å². The second-order valence-corrected chi connectivity index (χ2v) is 7.58. The van der Waals surface area contributed by atoms with E-state index in [2.05, 4.69) is 10.3 Å². The van der Waals surface area contributed by atoms with Crippen LogP contribution < -0.4 is 14.8 Å². The first-order chi connectivity index (χ1) is 15.6. The van der Waals surface area contributed by atoms with Gasteiger partial charge in [0.2, 0.25) is 0 Å². The second-order valence-electron chi connectivity index (χ2n) is 7.58. The van der Waals surface area contributed by atoms with Crippen LogP contribution in [0.15, 0.2) is 60.7 Å².